The Kier molecular flexibility index (Phi) is 6.64. The van der Waals surface area contributed by atoms with E-state index in [0.717, 1.165) is 16.0 Å². The van der Waals surface area contributed by atoms with Crippen LogP contribution in [0.25, 0.3) is 10.9 Å². The molecule has 0 aliphatic heterocycles. The summed E-state index contributed by atoms with van der Waals surface area (Å²) in [7, 11) is 0. The zero-order chi connectivity index (χ0) is 24.3. The maximum Gasteiger partial charge on any atom is 0.573 e. The number of thiazole rings is 1. The number of hydrogen-bond donors (Lipinski definition) is 1. The number of rotatable bonds is 7. The Morgan fingerprint density at radius 2 is 1.91 bits per heavy atom. The van der Waals surface area contributed by atoms with Crippen LogP contribution in [0.15, 0.2) is 59.8 Å². The summed E-state index contributed by atoms with van der Waals surface area (Å²) >= 11 is 1.26. The molecule has 176 valence electrons. The van der Waals surface area contributed by atoms with Crippen LogP contribution in [0.4, 0.5) is 18.3 Å². The molecule has 7 nitrogen and oxygen atoms in total. The lowest BCUT2D eigenvalue weighted by Gasteiger charge is -2.09. The fourth-order valence-corrected chi connectivity index (χ4v) is 4.22. The summed E-state index contributed by atoms with van der Waals surface area (Å²) in [4.78, 5) is 34.3. The first-order valence-corrected chi connectivity index (χ1v) is 11.0. The molecule has 2 heterocycles. The number of halogens is 3. The minimum Gasteiger partial charge on any atom is -0.406 e. The van der Waals surface area contributed by atoms with Crippen LogP contribution in [0.1, 0.15) is 22.4 Å². The van der Waals surface area contributed by atoms with Gasteiger partial charge in [-0.15, -0.1) is 24.5 Å². The van der Waals surface area contributed by atoms with Gasteiger partial charge in [0.25, 0.3) is 5.56 Å². The molecule has 0 aliphatic rings. The molecule has 4 aromatic rings. The Morgan fingerprint density at radius 3 is 2.65 bits per heavy atom. The van der Waals surface area contributed by atoms with Gasteiger partial charge in [0.15, 0.2) is 5.13 Å². The van der Waals surface area contributed by atoms with Crippen molar-refractivity contribution in [2.45, 2.75) is 32.7 Å². The van der Waals surface area contributed by atoms with Gasteiger partial charge in [0.1, 0.15) is 5.75 Å². The summed E-state index contributed by atoms with van der Waals surface area (Å²) in [5.74, 6) is -0.588. The van der Waals surface area contributed by atoms with Crippen molar-refractivity contribution >= 4 is 33.3 Å². The van der Waals surface area contributed by atoms with Crippen molar-refractivity contribution < 1.29 is 22.7 Å². The molecule has 0 saturated heterocycles. The number of aromatic nitrogens is 3. The van der Waals surface area contributed by atoms with E-state index >= 15 is 0 Å². The maximum atomic E-state index is 12.6. The highest BCUT2D eigenvalue weighted by molar-refractivity contribution is 7.15. The third-order valence-corrected chi connectivity index (χ3v) is 5.88. The Balaban J connectivity index is 1.33. The van der Waals surface area contributed by atoms with E-state index in [9.17, 15) is 22.8 Å². The molecule has 1 N–H and O–H groups in total. The minimum atomic E-state index is -4.73. The molecule has 0 saturated carbocycles. The fourth-order valence-electron chi connectivity index (χ4n) is 3.36. The molecule has 0 radical (unpaired) electrons. The molecule has 0 fully saturated rings. The molecule has 0 spiro atoms. The largest absolute Gasteiger partial charge is 0.573 e. The molecular formula is C23H19F3N4O3S. The number of benzene rings is 2. The van der Waals surface area contributed by atoms with Gasteiger partial charge in [0.05, 0.1) is 17.2 Å². The van der Waals surface area contributed by atoms with Crippen LogP contribution >= 0.6 is 11.3 Å². The van der Waals surface area contributed by atoms with E-state index in [1.54, 1.807) is 18.3 Å². The number of anilines is 1. The zero-order valence-corrected chi connectivity index (χ0v) is 18.7. The van der Waals surface area contributed by atoms with E-state index in [1.807, 2.05) is 13.0 Å². The standard InChI is InChI=1S/C23H19F3N4O3S/c1-14-3-2-4-18-20(14)28-13-30(21(18)32)10-9-19(31)29-22-27-12-17(34-22)11-15-5-7-16(8-6-15)33-23(24,25)26/h2-8,12-13H,9-11H2,1H3,(H,27,29,31). The highest BCUT2D eigenvalue weighted by Gasteiger charge is 2.30. The third kappa shape index (κ3) is 5.79. The van der Waals surface area contributed by atoms with Gasteiger partial charge in [-0.3, -0.25) is 14.2 Å². The third-order valence-electron chi connectivity index (χ3n) is 4.97. The van der Waals surface area contributed by atoms with Gasteiger partial charge in [-0.05, 0) is 36.2 Å². The molecule has 0 aliphatic carbocycles. The Labute approximate surface area is 195 Å². The second-order valence-electron chi connectivity index (χ2n) is 7.51. The van der Waals surface area contributed by atoms with E-state index in [4.69, 9.17) is 0 Å². The Bertz CT molecular complexity index is 1380. The average molecular weight is 488 g/mol. The van der Waals surface area contributed by atoms with Crippen LogP contribution in [0.2, 0.25) is 0 Å². The summed E-state index contributed by atoms with van der Waals surface area (Å²) in [6, 6.07) is 11.0. The molecule has 2 aromatic heterocycles. The van der Waals surface area contributed by atoms with Crippen molar-refractivity contribution in [3.63, 3.8) is 0 Å². The van der Waals surface area contributed by atoms with Crippen LogP contribution in [-0.4, -0.2) is 26.8 Å². The monoisotopic (exact) mass is 488 g/mol. The molecule has 4 rings (SSSR count). The van der Waals surface area contributed by atoms with E-state index in [0.29, 0.717) is 22.5 Å². The Morgan fingerprint density at radius 1 is 1.15 bits per heavy atom. The normalized spacial score (nSPS) is 11.5. The number of ether oxygens (including phenoxy) is 1. The smallest absolute Gasteiger partial charge is 0.406 e. The molecule has 0 bridgehead atoms. The van der Waals surface area contributed by atoms with Gasteiger partial charge in [-0.1, -0.05) is 24.3 Å². The van der Waals surface area contributed by atoms with Crippen molar-refractivity contribution in [1.82, 2.24) is 14.5 Å². The lowest BCUT2D eigenvalue weighted by atomic mass is 10.1. The maximum absolute atomic E-state index is 12.6. The van der Waals surface area contributed by atoms with Gasteiger partial charge >= 0.3 is 6.36 Å². The number of fused-ring (bicyclic) bond motifs is 1. The second-order valence-corrected chi connectivity index (χ2v) is 8.63. The van der Waals surface area contributed by atoms with Crippen molar-refractivity contribution in [2.75, 3.05) is 5.32 Å². The number of nitrogens with one attached hydrogen (secondary N) is 1. The van der Waals surface area contributed by atoms with Gasteiger partial charge in [-0.2, -0.15) is 0 Å². The number of aryl methyl sites for hydroxylation is 2. The molecule has 11 heteroatoms. The molecule has 0 atom stereocenters. The summed E-state index contributed by atoms with van der Waals surface area (Å²) in [5, 5.41) is 3.61. The average Bonchev–Trinajstić information content (AvgIpc) is 3.21. The number of nitrogens with zero attached hydrogens (tertiary/aromatic N) is 3. The number of hydrogen-bond acceptors (Lipinski definition) is 6. The van der Waals surface area contributed by atoms with Gasteiger partial charge < -0.3 is 10.1 Å². The summed E-state index contributed by atoms with van der Waals surface area (Å²) < 4.78 is 42.0. The minimum absolute atomic E-state index is 0.0640. The highest BCUT2D eigenvalue weighted by Crippen LogP contribution is 2.25. The second kappa shape index (κ2) is 9.64. The number of carbonyl (C=O) groups is 1. The molecule has 34 heavy (non-hydrogen) atoms. The van der Waals surface area contributed by atoms with Crippen molar-refractivity contribution in [3.05, 3.63) is 81.3 Å². The van der Waals surface area contributed by atoms with Crippen LogP contribution in [0.5, 0.6) is 5.75 Å². The molecular weight excluding hydrogens is 469 g/mol. The van der Waals surface area contributed by atoms with Gasteiger partial charge in [0.2, 0.25) is 5.91 Å². The van der Waals surface area contributed by atoms with Crippen molar-refractivity contribution in [1.29, 1.82) is 0 Å². The SMILES string of the molecule is Cc1cccc2c(=O)n(CCC(=O)Nc3ncc(Cc4ccc(OC(F)(F)F)cc4)s3)cnc12. The van der Waals surface area contributed by atoms with Crippen LogP contribution in [0.3, 0.4) is 0 Å². The molecule has 1 amide bonds. The predicted molar refractivity (Wildman–Crippen MR) is 122 cm³/mol. The summed E-state index contributed by atoms with van der Waals surface area (Å²) in [6.07, 6.45) is -1.19. The lowest BCUT2D eigenvalue weighted by Crippen LogP contribution is -2.23. The van der Waals surface area contributed by atoms with E-state index in [2.05, 4.69) is 20.0 Å². The van der Waals surface area contributed by atoms with Crippen LogP contribution < -0.4 is 15.6 Å². The first-order valence-electron chi connectivity index (χ1n) is 10.2. The topological polar surface area (TPSA) is 86.1 Å². The molecule has 0 unspecified atom stereocenters. The molecule has 2 aromatic carbocycles. The number of alkyl halides is 3. The zero-order valence-electron chi connectivity index (χ0n) is 17.9. The highest BCUT2D eigenvalue weighted by atomic mass is 32.1. The summed E-state index contributed by atoms with van der Waals surface area (Å²) in [5.41, 5.74) is 2.12. The van der Waals surface area contributed by atoms with Gasteiger partial charge in [0, 0.05) is 30.5 Å². The van der Waals surface area contributed by atoms with Crippen LogP contribution in [0, 0.1) is 6.92 Å². The van der Waals surface area contributed by atoms with Crippen LogP contribution in [-0.2, 0) is 17.8 Å². The van der Waals surface area contributed by atoms with E-state index < -0.39 is 6.36 Å². The fraction of sp³-hybridized carbons (Fsp3) is 0.217. The van der Waals surface area contributed by atoms with Gasteiger partial charge in [-0.25, -0.2) is 9.97 Å². The first kappa shape index (κ1) is 23.4. The lowest BCUT2D eigenvalue weighted by molar-refractivity contribution is -0.274. The van der Waals surface area contributed by atoms with E-state index in [-0.39, 0.29) is 30.2 Å². The first-order chi connectivity index (χ1) is 16.2. The number of para-hydroxylation sites is 1. The number of carbonyl (C=O) groups excluding carboxylic acids is 1. The van der Waals surface area contributed by atoms with Crippen molar-refractivity contribution in [2.24, 2.45) is 0 Å². The van der Waals surface area contributed by atoms with E-state index in [1.165, 1.54) is 46.5 Å². The summed E-state index contributed by atoms with van der Waals surface area (Å²) in [6.45, 7) is 2.05. The van der Waals surface area contributed by atoms with Crippen molar-refractivity contribution in [3.8, 4) is 5.75 Å². The predicted octanol–water partition coefficient (Wildman–Crippen LogP) is 4.68. The quantitative estimate of drug-likeness (QED) is 0.408. The Hall–Kier alpha value is -3.73. The number of amides is 1.